The molecule has 0 bridgehead atoms. The minimum atomic E-state index is 0.293. The Morgan fingerprint density at radius 3 is 2.25 bits per heavy atom. The van der Waals surface area contributed by atoms with Crippen molar-refractivity contribution in [2.75, 3.05) is 40.3 Å². The van der Waals surface area contributed by atoms with Gasteiger partial charge in [0.2, 0.25) is 5.91 Å². The summed E-state index contributed by atoms with van der Waals surface area (Å²) in [5.41, 5.74) is 2.52. The summed E-state index contributed by atoms with van der Waals surface area (Å²) in [7, 11) is 4.22. The summed E-state index contributed by atoms with van der Waals surface area (Å²) >= 11 is 0. The van der Waals surface area contributed by atoms with Crippen molar-refractivity contribution in [2.24, 2.45) is 0 Å². The Balaban J connectivity index is 1.84. The SMILES string of the molecule is Cc1ccc(CCC(=O)N2CC(C)N(CCN(C)C)C(C)C2)cc1. The second-order valence-corrected chi connectivity index (χ2v) is 7.52. The van der Waals surface area contributed by atoms with Crippen molar-refractivity contribution in [2.45, 2.75) is 45.7 Å². The van der Waals surface area contributed by atoms with Crippen LogP contribution >= 0.6 is 0 Å². The van der Waals surface area contributed by atoms with Gasteiger partial charge in [0.25, 0.3) is 0 Å². The van der Waals surface area contributed by atoms with E-state index in [1.54, 1.807) is 0 Å². The van der Waals surface area contributed by atoms with E-state index < -0.39 is 0 Å². The van der Waals surface area contributed by atoms with Gasteiger partial charge < -0.3 is 9.80 Å². The number of nitrogens with zero attached hydrogens (tertiary/aromatic N) is 3. The highest BCUT2D eigenvalue weighted by atomic mass is 16.2. The summed E-state index contributed by atoms with van der Waals surface area (Å²) in [6, 6.07) is 9.36. The highest BCUT2D eigenvalue weighted by Crippen LogP contribution is 2.17. The summed E-state index contributed by atoms with van der Waals surface area (Å²) in [5, 5.41) is 0. The van der Waals surface area contributed by atoms with Crippen LogP contribution in [0.25, 0.3) is 0 Å². The van der Waals surface area contributed by atoms with Gasteiger partial charge in [-0.1, -0.05) is 29.8 Å². The monoisotopic (exact) mass is 331 g/mol. The highest BCUT2D eigenvalue weighted by molar-refractivity contribution is 5.76. The molecule has 1 saturated heterocycles. The Kier molecular flexibility index (Phi) is 6.81. The van der Waals surface area contributed by atoms with E-state index >= 15 is 0 Å². The fraction of sp³-hybridized carbons (Fsp3) is 0.650. The van der Waals surface area contributed by atoms with Crippen molar-refractivity contribution >= 4 is 5.91 Å². The molecule has 1 amide bonds. The molecule has 0 N–H and O–H groups in total. The second kappa shape index (κ2) is 8.63. The Bertz CT molecular complexity index is 514. The lowest BCUT2D eigenvalue weighted by Gasteiger charge is -2.45. The third kappa shape index (κ3) is 5.32. The molecule has 1 aliphatic heterocycles. The molecule has 1 aliphatic rings. The van der Waals surface area contributed by atoms with Crippen LogP contribution in [0.4, 0.5) is 0 Å². The Morgan fingerprint density at radius 2 is 1.71 bits per heavy atom. The van der Waals surface area contributed by atoms with Crippen LogP contribution in [0.2, 0.25) is 0 Å². The Morgan fingerprint density at radius 1 is 1.12 bits per heavy atom. The number of piperazine rings is 1. The molecule has 1 aromatic rings. The molecular formula is C20H33N3O. The van der Waals surface area contributed by atoms with Crippen LogP contribution < -0.4 is 0 Å². The van der Waals surface area contributed by atoms with Gasteiger partial charge in [0.1, 0.15) is 0 Å². The number of rotatable bonds is 6. The molecular weight excluding hydrogens is 298 g/mol. The van der Waals surface area contributed by atoms with Crippen molar-refractivity contribution in [3.63, 3.8) is 0 Å². The summed E-state index contributed by atoms with van der Waals surface area (Å²) in [5.74, 6) is 0.293. The van der Waals surface area contributed by atoms with Crippen molar-refractivity contribution < 1.29 is 4.79 Å². The van der Waals surface area contributed by atoms with Gasteiger partial charge in [-0.15, -0.1) is 0 Å². The first-order valence-electron chi connectivity index (χ1n) is 9.10. The number of carbonyl (C=O) groups is 1. The van der Waals surface area contributed by atoms with Gasteiger partial charge in [0.05, 0.1) is 0 Å². The normalized spacial score (nSPS) is 22.2. The molecule has 0 saturated carbocycles. The van der Waals surface area contributed by atoms with Crippen molar-refractivity contribution in [1.29, 1.82) is 0 Å². The van der Waals surface area contributed by atoms with E-state index in [1.165, 1.54) is 11.1 Å². The number of carbonyl (C=O) groups excluding carboxylic acids is 1. The fourth-order valence-corrected chi connectivity index (χ4v) is 3.48. The molecule has 1 aromatic carbocycles. The molecule has 2 unspecified atom stereocenters. The second-order valence-electron chi connectivity index (χ2n) is 7.52. The third-order valence-electron chi connectivity index (χ3n) is 5.01. The van der Waals surface area contributed by atoms with Gasteiger partial charge in [-0.3, -0.25) is 9.69 Å². The zero-order chi connectivity index (χ0) is 17.7. The molecule has 1 fully saturated rings. The van der Waals surface area contributed by atoms with E-state index in [0.717, 1.165) is 32.6 Å². The fourth-order valence-electron chi connectivity index (χ4n) is 3.48. The zero-order valence-electron chi connectivity index (χ0n) is 16.0. The van der Waals surface area contributed by atoms with Gasteiger partial charge in [-0.2, -0.15) is 0 Å². The largest absolute Gasteiger partial charge is 0.340 e. The van der Waals surface area contributed by atoms with Crippen LogP contribution in [-0.4, -0.2) is 73.0 Å². The van der Waals surface area contributed by atoms with Crippen LogP contribution in [0.15, 0.2) is 24.3 Å². The topological polar surface area (TPSA) is 26.8 Å². The summed E-state index contributed by atoms with van der Waals surface area (Å²) in [6.45, 7) is 10.4. The molecule has 2 atom stereocenters. The first-order chi connectivity index (χ1) is 11.4. The lowest BCUT2D eigenvalue weighted by Crippen LogP contribution is -2.59. The van der Waals surface area contributed by atoms with Gasteiger partial charge in [-0.05, 0) is 46.9 Å². The average molecular weight is 332 g/mol. The van der Waals surface area contributed by atoms with Crippen LogP contribution in [0.1, 0.15) is 31.4 Å². The number of likely N-dealkylation sites (N-methyl/N-ethyl adjacent to an activating group) is 1. The van der Waals surface area contributed by atoms with Crippen LogP contribution in [-0.2, 0) is 11.2 Å². The van der Waals surface area contributed by atoms with Crippen LogP contribution in [0.3, 0.4) is 0 Å². The molecule has 24 heavy (non-hydrogen) atoms. The molecule has 0 aromatic heterocycles. The molecule has 4 heteroatoms. The maximum Gasteiger partial charge on any atom is 0.223 e. The van der Waals surface area contributed by atoms with Crippen molar-refractivity contribution in [1.82, 2.24) is 14.7 Å². The predicted octanol–water partition coefficient (Wildman–Crippen LogP) is 2.41. The molecule has 2 rings (SSSR count). The van der Waals surface area contributed by atoms with Crippen molar-refractivity contribution in [3.8, 4) is 0 Å². The van der Waals surface area contributed by atoms with Crippen molar-refractivity contribution in [3.05, 3.63) is 35.4 Å². The van der Waals surface area contributed by atoms with Crippen LogP contribution in [0, 0.1) is 6.92 Å². The van der Waals surface area contributed by atoms with Gasteiger partial charge in [-0.25, -0.2) is 0 Å². The Hall–Kier alpha value is -1.39. The molecule has 0 radical (unpaired) electrons. The third-order valence-corrected chi connectivity index (χ3v) is 5.01. The summed E-state index contributed by atoms with van der Waals surface area (Å²) in [4.78, 5) is 19.4. The Labute approximate surface area is 147 Å². The maximum absolute atomic E-state index is 12.6. The number of hydrogen-bond donors (Lipinski definition) is 0. The molecule has 0 spiro atoms. The minimum absolute atomic E-state index is 0.293. The zero-order valence-corrected chi connectivity index (χ0v) is 16.0. The molecule has 0 aliphatic carbocycles. The standard InChI is InChI=1S/C20H33N3O/c1-16-6-8-19(9-7-16)10-11-20(24)22-14-17(2)23(18(3)15-22)13-12-21(4)5/h6-9,17-18H,10-15H2,1-5H3. The minimum Gasteiger partial charge on any atom is -0.340 e. The smallest absolute Gasteiger partial charge is 0.223 e. The first-order valence-corrected chi connectivity index (χ1v) is 9.10. The number of aryl methyl sites for hydroxylation is 2. The molecule has 134 valence electrons. The van der Waals surface area contributed by atoms with Gasteiger partial charge in [0, 0.05) is 44.7 Å². The summed E-state index contributed by atoms with van der Waals surface area (Å²) < 4.78 is 0. The lowest BCUT2D eigenvalue weighted by atomic mass is 10.0. The lowest BCUT2D eigenvalue weighted by molar-refractivity contribution is -0.135. The quantitative estimate of drug-likeness (QED) is 0.801. The van der Waals surface area contributed by atoms with Gasteiger partial charge >= 0.3 is 0 Å². The maximum atomic E-state index is 12.6. The van der Waals surface area contributed by atoms with E-state index in [-0.39, 0.29) is 0 Å². The molecule has 4 nitrogen and oxygen atoms in total. The number of benzene rings is 1. The van der Waals surface area contributed by atoms with E-state index in [4.69, 9.17) is 0 Å². The number of hydrogen-bond acceptors (Lipinski definition) is 3. The number of amides is 1. The molecule has 1 heterocycles. The highest BCUT2D eigenvalue weighted by Gasteiger charge is 2.31. The predicted molar refractivity (Wildman–Crippen MR) is 100 cm³/mol. The van der Waals surface area contributed by atoms with E-state index in [1.807, 2.05) is 0 Å². The van der Waals surface area contributed by atoms with E-state index in [0.29, 0.717) is 24.4 Å². The average Bonchev–Trinajstić information content (AvgIpc) is 2.52. The van der Waals surface area contributed by atoms with E-state index in [2.05, 4.69) is 73.8 Å². The van der Waals surface area contributed by atoms with E-state index in [9.17, 15) is 4.79 Å². The first kappa shape index (κ1) is 18.9. The van der Waals surface area contributed by atoms with Crippen LogP contribution in [0.5, 0.6) is 0 Å². The van der Waals surface area contributed by atoms with Gasteiger partial charge in [0.15, 0.2) is 0 Å². The summed E-state index contributed by atoms with van der Waals surface area (Å²) in [6.07, 6.45) is 1.45.